The quantitative estimate of drug-likeness (QED) is 0.691. The molecule has 3 atom stereocenters. The van der Waals surface area contributed by atoms with Gasteiger partial charge in [0.05, 0.1) is 18.0 Å². The van der Waals surface area contributed by atoms with Crippen LogP contribution in [0.1, 0.15) is 26.2 Å². The van der Waals surface area contributed by atoms with Crippen LogP contribution >= 0.6 is 0 Å². The van der Waals surface area contributed by atoms with Gasteiger partial charge in [0.15, 0.2) is 15.1 Å². The molecule has 3 unspecified atom stereocenters. The first kappa shape index (κ1) is 13.8. The summed E-state index contributed by atoms with van der Waals surface area (Å²) in [5, 5.41) is -1.13. The summed E-state index contributed by atoms with van der Waals surface area (Å²) in [5.74, 6) is -0.747. The normalized spacial score (nSPS) is 38.8. The molecule has 2 rings (SSSR count). The van der Waals surface area contributed by atoms with E-state index in [4.69, 9.17) is 15.2 Å². The number of nitrogens with two attached hydrogens (primary N) is 1. The van der Waals surface area contributed by atoms with Crippen LogP contribution in [0.3, 0.4) is 0 Å². The van der Waals surface area contributed by atoms with Crippen LogP contribution in [0, 0.1) is 0 Å². The lowest BCUT2D eigenvalue weighted by atomic mass is 9.86. The molecule has 6 nitrogen and oxygen atoms in total. The van der Waals surface area contributed by atoms with Gasteiger partial charge in [-0.2, -0.15) is 0 Å². The number of esters is 1. The molecule has 0 aromatic carbocycles. The second-order valence-electron chi connectivity index (χ2n) is 4.87. The summed E-state index contributed by atoms with van der Waals surface area (Å²) >= 11 is 0. The van der Waals surface area contributed by atoms with Crippen LogP contribution in [0.15, 0.2) is 0 Å². The summed E-state index contributed by atoms with van der Waals surface area (Å²) in [5.41, 5.74) is 5.33. The number of ether oxygens (including phenoxy) is 2. The van der Waals surface area contributed by atoms with Gasteiger partial charge in [-0.3, -0.25) is 4.79 Å². The molecule has 2 saturated heterocycles. The third kappa shape index (κ3) is 2.26. The average molecular weight is 277 g/mol. The number of rotatable bonds is 2. The van der Waals surface area contributed by atoms with E-state index < -0.39 is 26.7 Å². The molecule has 0 amide bonds. The Labute approximate surface area is 107 Å². The predicted octanol–water partition coefficient (Wildman–Crippen LogP) is -0.387. The molecular weight excluding hydrogens is 258 g/mol. The van der Waals surface area contributed by atoms with Gasteiger partial charge in [-0.25, -0.2) is 8.42 Å². The monoisotopic (exact) mass is 277 g/mol. The molecule has 0 aromatic rings. The molecule has 2 N–H and O–H groups in total. The van der Waals surface area contributed by atoms with Crippen molar-refractivity contribution in [2.75, 3.05) is 19.0 Å². The maximum Gasteiger partial charge on any atom is 0.324 e. The molecule has 0 bridgehead atoms. The highest BCUT2D eigenvalue weighted by Crippen LogP contribution is 2.39. The van der Waals surface area contributed by atoms with E-state index in [-0.39, 0.29) is 24.8 Å². The van der Waals surface area contributed by atoms with Crippen LogP contribution in [0.5, 0.6) is 0 Å². The van der Waals surface area contributed by atoms with Gasteiger partial charge in [-0.15, -0.1) is 0 Å². The van der Waals surface area contributed by atoms with Crippen LogP contribution in [0.2, 0.25) is 0 Å². The third-order valence-electron chi connectivity index (χ3n) is 3.82. The van der Waals surface area contributed by atoms with Gasteiger partial charge >= 0.3 is 5.97 Å². The van der Waals surface area contributed by atoms with E-state index in [1.807, 2.05) is 0 Å². The highest BCUT2D eigenvalue weighted by atomic mass is 32.2. The van der Waals surface area contributed by atoms with Crippen molar-refractivity contribution in [3.63, 3.8) is 0 Å². The fraction of sp³-hybridized carbons (Fsp3) is 0.909. The first-order chi connectivity index (χ1) is 8.41. The second kappa shape index (κ2) is 4.79. The van der Waals surface area contributed by atoms with Crippen molar-refractivity contribution in [1.82, 2.24) is 0 Å². The van der Waals surface area contributed by atoms with E-state index in [0.717, 1.165) is 0 Å². The Morgan fingerprint density at radius 1 is 1.56 bits per heavy atom. The minimum absolute atomic E-state index is 0.0653. The molecule has 0 aromatic heterocycles. The van der Waals surface area contributed by atoms with Crippen molar-refractivity contribution in [2.45, 2.75) is 43.1 Å². The minimum Gasteiger partial charge on any atom is -0.465 e. The number of hydrogen-bond donors (Lipinski definition) is 1. The van der Waals surface area contributed by atoms with Gasteiger partial charge in [0, 0.05) is 19.1 Å². The van der Waals surface area contributed by atoms with E-state index in [0.29, 0.717) is 19.4 Å². The Hall–Kier alpha value is -0.660. The number of carbonyl (C=O) groups excluding carboxylic acids is 1. The molecular formula is C11H19NO5S. The lowest BCUT2D eigenvalue weighted by Crippen LogP contribution is -2.55. The van der Waals surface area contributed by atoms with E-state index in [9.17, 15) is 13.2 Å². The molecule has 0 saturated carbocycles. The van der Waals surface area contributed by atoms with Crippen molar-refractivity contribution in [1.29, 1.82) is 0 Å². The van der Waals surface area contributed by atoms with Crippen LogP contribution in [-0.4, -0.2) is 50.2 Å². The van der Waals surface area contributed by atoms with Gasteiger partial charge in [0.2, 0.25) is 0 Å². The summed E-state index contributed by atoms with van der Waals surface area (Å²) in [6.45, 7) is 2.35. The van der Waals surface area contributed by atoms with Crippen LogP contribution in [-0.2, 0) is 24.1 Å². The smallest absolute Gasteiger partial charge is 0.324 e. The van der Waals surface area contributed by atoms with Crippen molar-refractivity contribution in [3.05, 3.63) is 0 Å². The predicted molar refractivity (Wildman–Crippen MR) is 64.7 cm³/mol. The summed E-state index contributed by atoms with van der Waals surface area (Å²) in [4.78, 5) is 11.8. The number of hydrogen-bond acceptors (Lipinski definition) is 6. The summed E-state index contributed by atoms with van der Waals surface area (Å²) in [6.07, 6.45) is 1.19. The van der Waals surface area contributed by atoms with E-state index >= 15 is 0 Å². The zero-order valence-electron chi connectivity index (χ0n) is 10.4. The fourth-order valence-electron chi connectivity index (χ4n) is 2.69. The summed E-state index contributed by atoms with van der Waals surface area (Å²) < 4.78 is 34.4. The molecule has 2 aliphatic heterocycles. The highest BCUT2D eigenvalue weighted by Gasteiger charge is 2.53. The van der Waals surface area contributed by atoms with Crippen LogP contribution < -0.4 is 5.73 Å². The Morgan fingerprint density at radius 3 is 2.83 bits per heavy atom. The number of carbonyl (C=O) groups is 1. The van der Waals surface area contributed by atoms with Crippen LogP contribution in [0.25, 0.3) is 0 Å². The van der Waals surface area contributed by atoms with Gasteiger partial charge < -0.3 is 15.2 Å². The van der Waals surface area contributed by atoms with Crippen molar-refractivity contribution >= 4 is 15.8 Å². The first-order valence-electron chi connectivity index (χ1n) is 6.19. The Kier molecular flexibility index (Phi) is 3.66. The molecule has 18 heavy (non-hydrogen) atoms. The van der Waals surface area contributed by atoms with E-state index in [1.54, 1.807) is 6.92 Å². The average Bonchev–Trinajstić information content (AvgIpc) is 2.65. The molecule has 0 aliphatic carbocycles. The Balaban J connectivity index is 2.22. The topological polar surface area (TPSA) is 95.7 Å². The molecule has 1 spiro atoms. The van der Waals surface area contributed by atoms with Gasteiger partial charge in [-0.05, 0) is 19.8 Å². The van der Waals surface area contributed by atoms with Gasteiger partial charge in [-0.1, -0.05) is 0 Å². The fourth-order valence-corrected chi connectivity index (χ4v) is 4.50. The molecule has 2 aliphatic rings. The zero-order valence-corrected chi connectivity index (χ0v) is 11.2. The molecule has 2 heterocycles. The zero-order chi connectivity index (χ0) is 13.4. The highest BCUT2D eigenvalue weighted by molar-refractivity contribution is 7.92. The minimum atomic E-state index is -3.44. The Morgan fingerprint density at radius 2 is 2.28 bits per heavy atom. The lowest BCUT2D eigenvalue weighted by molar-refractivity contribution is -0.144. The van der Waals surface area contributed by atoms with E-state index in [1.165, 1.54) is 0 Å². The maximum absolute atomic E-state index is 11.9. The molecule has 2 fully saturated rings. The lowest BCUT2D eigenvalue weighted by Gasteiger charge is -2.38. The van der Waals surface area contributed by atoms with Crippen molar-refractivity contribution < 1.29 is 22.7 Å². The SMILES string of the molecule is CCOC(=O)C1CC2(CCS1(=O)=O)OCCC2N. The first-order valence-corrected chi connectivity index (χ1v) is 7.90. The summed E-state index contributed by atoms with van der Waals surface area (Å²) in [6, 6.07) is -0.204. The Bertz CT molecular complexity index is 435. The number of sulfone groups is 1. The third-order valence-corrected chi connectivity index (χ3v) is 5.82. The van der Waals surface area contributed by atoms with Gasteiger partial charge in [0.25, 0.3) is 0 Å². The molecule has 0 radical (unpaired) electrons. The largest absolute Gasteiger partial charge is 0.465 e. The maximum atomic E-state index is 11.9. The molecule has 104 valence electrons. The standard InChI is InChI=1S/C11H19NO5S/c1-2-16-10(13)8-7-11(4-6-18(8,14)15)9(12)3-5-17-11/h8-9H,2-7,12H2,1H3. The van der Waals surface area contributed by atoms with E-state index in [2.05, 4.69) is 0 Å². The second-order valence-corrected chi connectivity index (χ2v) is 7.17. The van der Waals surface area contributed by atoms with Crippen molar-refractivity contribution in [2.24, 2.45) is 5.73 Å². The van der Waals surface area contributed by atoms with Gasteiger partial charge in [0.1, 0.15) is 0 Å². The molecule has 7 heteroatoms. The van der Waals surface area contributed by atoms with Crippen molar-refractivity contribution in [3.8, 4) is 0 Å². The van der Waals surface area contributed by atoms with Crippen LogP contribution in [0.4, 0.5) is 0 Å². The summed E-state index contributed by atoms with van der Waals surface area (Å²) in [7, 11) is -3.44.